The first-order valence-electron chi connectivity index (χ1n) is 6.53. The van der Waals surface area contributed by atoms with E-state index in [4.69, 9.17) is 15.7 Å². The number of nitrogens with zero attached hydrogens (tertiary/aromatic N) is 1. The number of nitrogens with two attached hydrogens (primary N) is 1. The van der Waals surface area contributed by atoms with Crippen LogP contribution in [0.15, 0.2) is 21.1 Å². The van der Waals surface area contributed by atoms with Crippen LogP contribution >= 0.6 is 31.9 Å². The molecular formula is C15H20Br2N2O. The van der Waals surface area contributed by atoms with Crippen LogP contribution in [-0.2, 0) is 6.42 Å². The van der Waals surface area contributed by atoms with Crippen LogP contribution in [0.25, 0.3) is 0 Å². The molecule has 0 heterocycles. The standard InChI is InChI=1S/C15H20Br2N2O/c1-10(19)6-11-7-12(16)14(13(17)8-11)20-5-4-15(2,3)9-18/h7-8,10H,4-6,19H2,1-3H3. The lowest BCUT2D eigenvalue weighted by atomic mass is 9.92. The van der Waals surface area contributed by atoms with Crippen molar-refractivity contribution >= 4 is 31.9 Å². The second-order valence-corrected chi connectivity index (χ2v) is 7.37. The second-order valence-electron chi connectivity index (χ2n) is 5.66. The fraction of sp³-hybridized carbons (Fsp3) is 0.533. The molecule has 20 heavy (non-hydrogen) atoms. The zero-order chi connectivity index (χ0) is 15.3. The van der Waals surface area contributed by atoms with Gasteiger partial charge in [0, 0.05) is 6.04 Å². The molecule has 0 radical (unpaired) electrons. The number of hydrogen-bond acceptors (Lipinski definition) is 3. The van der Waals surface area contributed by atoms with Gasteiger partial charge < -0.3 is 10.5 Å². The minimum absolute atomic E-state index is 0.122. The van der Waals surface area contributed by atoms with Crippen molar-refractivity contribution in [2.24, 2.45) is 11.1 Å². The Hall–Kier alpha value is -0.570. The van der Waals surface area contributed by atoms with Crippen LogP contribution in [0.5, 0.6) is 5.75 Å². The molecule has 1 unspecified atom stereocenters. The third-order valence-electron chi connectivity index (χ3n) is 2.89. The van der Waals surface area contributed by atoms with E-state index in [2.05, 4.69) is 37.9 Å². The van der Waals surface area contributed by atoms with E-state index in [1.807, 2.05) is 32.9 Å². The molecule has 0 fully saturated rings. The minimum atomic E-state index is -0.367. The van der Waals surface area contributed by atoms with Gasteiger partial charge in [-0.3, -0.25) is 0 Å². The molecule has 1 aromatic rings. The van der Waals surface area contributed by atoms with Gasteiger partial charge in [0.1, 0.15) is 5.75 Å². The van der Waals surface area contributed by atoms with E-state index in [0.29, 0.717) is 13.0 Å². The Morgan fingerprint density at radius 3 is 2.35 bits per heavy atom. The molecule has 5 heteroatoms. The van der Waals surface area contributed by atoms with E-state index in [1.54, 1.807) is 0 Å². The SMILES string of the molecule is CC(N)Cc1cc(Br)c(OCCC(C)(C)C#N)c(Br)c1. The van der Waals surface area contributed by atoms with Crippen molar-refractivity contribution in [3.05, 3.63) is 26.6 Å². The lowest BCUT2D eigenvalue weighted by molar-refractivity contribution is 0.261. The fourth-order valence-electron chi connectivity index (χ4n) is 1.70. The first-order valence-corrected chi connectivity index (χ1v) is 8.11. The van der Waals surface area contributed by atoms with Gasteiger partial charge in [-0.25, -0.2) is 0 Å². The molecule has 3 nitrogen and oxygen atoms in total. The molecule has 0 aliphatic rings. The number of rotatable bonds is 6. The van der Waals surface area contributed by atoms with Crippen LogP contribution in [-0.4, -0.2) is 12.6 Å². The van der Waals surface area contributed by atoms with E-state index >= 15 is 0 Å². The molecule has 0 spiro atoms. The van der Waals surface area contributed by atoms with Gasteiger partial charge in [0.05, 0.1) is 27.0 Å². The predicted octanol–water partition coefficient (Wildman–Crippen LogP) is 4.42. The Balaban J connectivity index is 2.75. The number of ether oxygens (including phenoxy) is 1. The van der Waals surface area contributed by atoms with E-state index in [1.165, 1.54) is 0 Å². The molecule has 1 atom stereocenters. The number of benzene rings is 1. The molecule has 0 aliphatic carbocycles. The van der Waals surface area contributed by atoms with Crippen LogP contribution in [0, 0.1) is 16.7 Å². The van der Waals surface area contributed by atoms with Crippen LogP contribution in [0.2, 0.25) is 0 Å². The smallest absolute Gasteiger partial charge is 0.147 e. The summed E-state index contributed by atoms with van der Waals surface area (Å²) in [5.41, 5.74) is 6.60. The summed E-state index contributed by atoms with van der Waals surface area (Å²) in [5, 5.41) is 8.98. The Labute approximate surface area is 137 Å². The maximum absolute atomic E-state index is 8.98. The molecule has 0 amide bonds. The zero-order valence-electron chi connectivity index (χ0n) is 12.0. The summed E-state index contributed by atoms with van der Waals surface area (Å²) in [6.45, 7) is 6.30. The highest BCUT2D eigenvalue weighted by Gasteiger charge is 2.17. The second kappa shape index (κ2) is 7.44. The molecular weight excluding hydrogens is 384 g/mol. The van der Waals surface area contributed by atoms with Gasteiger partial charge in [-0.15, -0.1) is 0 Å². The third-order valence-corrected chi connectivity index (χ3v) is 4.07. The van der Waals surface area contributed by atoms with Crippen molar-refractivity contribution in [3.8, 4) is 11.8 Å². The summed E-state index contributed by atoms with van der Waals surface area (Å²) in [4.78, 5) is 0. The van der Waals surface area contributed by atoms with Gasteiger partial charge in [0.15, 0.2) is 0 Å². The molecule has 0 bridgehead atoms. The lowest BCUT2D eigenvalue weighted by Crippen LogP contribution is -2.17. The first-order chi connectivity index (χ1) is 9.25. The number of nitriles is 1. The maximum Gasteiger partial charge on any atom is 0.147 e. The van der Waals surface area contributed by atoms with Gasteiger partial charge in [-0.05, 0) is 83.2 Å². The highest BCUT2D eigenvalue weighted by atomic mass is 79.9. The Kier molecular flexibility index (Phi) is 6.50. The van der Waals surface area contributed by atoms with Crippen LogP contribution < -0.4 is 10.5 Å². The van der Waals surface area contributed by atoms with Crippen molar-refractivity contribution in [3.63, 3.8) is 0 Å². The highest BCUT2D eigenvalue weighted by Crippen LogP contribution is 2.35. The van der Waals surface area contributed by atoms with Crippen molar-refractivity contribution in [2.75, 3.05) is 6.61 Å². The Bertz CT molecular complexity index is 484. The average molecular weight is 404 g/mol. The largest absolute Gasteiger partial charge is 0.491 e. The number of hydrogen-bond donors (Lipinski definition) is 1. The first kappa shape index (κ1) is 17.5. The van der Waals surface area contributed by atoms with Gasteiger partial charge in [-0.1, -0.05) is 0 Å². The summed E-state index contributed by atoms with van der Waals surface area (Å²) in [7, 11) is 0. The van der Waals surface area contributed by atoms with Gasteiger partial charge in [0.25, 0.3) is 0 Å². The molecule has 1 aromatic carbocycles. The summed E-state index contributed by atoms with van der Waals surface area (Å²) >= 11 is 7.05. The van der Waals surface area contributed by atoms with E-state index in [0.717, 1.165) is 26.7 Å². The predicted molar refractivity (Wildman–Crippen MR) is 88.7 cm³/mol. The monoisotopic (exact) mass is 402 g/mol. The van der Waals surface area contributed by atoms with Crippen LogP contribution in [0.1, 0.15) is 32.8 Å². The van der Waals surface area contributed by atoms with E-state index in [-0.39, 0.29) is 11.5 Å². The van der Waals surface area contributed by atoms with Crippen molar-refractivity contribution < 1.29 is 4.74 Å². The molecule has 0 aromatic heterocycles. The van der Waals surface area contributed by atoms with Gasteiger partial charge in [0.2, 0.25) is 0 Å². The van der Waals surface area contributed by atoms with Crippen LogP contribution in [0.4, 0.5) is 0 Å². The summed E-state index contributed by atoms with van der Waals surface area (Å²) in [6.07, 6.45) is 1.50. The van der Waals surface area contributed by atoms with E-state index < -0.39 is 0 Å². The number of halogens is 2. The lowest BCUT2D eigenvalue weighted by Gasteiger charge is -2.17. The van der Waals surface area contributed by atoms with Crippen molar-refractivity contribution in [2.45, 2.75) is 39.7 Å². The normalized spacial score (nSPS) is 12.8. The molecule has 2 N–H and O–H groups in total. The minimum Gasteiger partial charge on any atom is -0.491 e. The van der Waals surface area contributed by atoms with Gasteiger partial charge in [-0.2, -0.15) is 5.26 Å². The quantitative estimate of drug-likeness (QED) is 0.764. The topological polar surface area (TPSA) is 59.0 Å². The summed E-state index contributed by atoms with van der Waals surface area (Å²) in [6, 6.07) is 6.45. The maximum atomic E-state index is 8.98. The zero-order valence-corrected chi connectivity index (χ0v) is 15.2. The Morgan fingerprint density at radius 1 is 1.35 bits per heavy atom. The Morgan fingerprint density at radius 2 is 1.90 bits per heavy atom. The van der Waals surface area contributed by atoms with Gasteiger partial charge >= 0.3 is 0 Å². The summed E-state index contributed by atoms with van der Waals surface area (Å²) < 4.78 is 7.59. The summed E-state index contributed by atoms with van der Waals surface area (Å²) in [5.74, 6) is 0.771. The molecule has 0 saturated carbocycles. The highest BCUT2D eigenvalue weighted by molar-refractivity contribution is 9.11. The molecule has 0 saturated heterocycles. The fourth-order valence-corrected chi connectivity index (χ4v) is 3.21. The molecule has 110 valence electrons. The molecule has 0 aliphatic heterocycles. The van der Waals surface area contributed by atoms with Crippen LogP contribution in [0.3, 0.4) is 0 Å². The van der Waals surface area contributed by atoms with Crippen molar-refractivity contribution in [1.29, 1.82) is 5.26 Å². The molecule has 1 rings (SSSR count). The van der Waals surface area contributed by atoms with Crippen molar-refractivity contribution in [1.82, 2.24) is 0 Å². The average Bonchev–Trinajstić information content (AvgIpc) is 2.32. The van der Waals surface area contributed by atoms with E-state index in [9.17, 15) is 0 Å². The third kappa shape index (κ3) is 5.43.